The van der Waals surface area contributed by atoms with E-state index >= 15 is 0 Å². The van der Waals surface area contributed by atoms with Crippen LogP contribution in [-0.4, -0.2) is 28.4 Å². The van der Waals surface area contributed by atoms with Crippen molar-refractivity contribution in [1.82, 2.24) is 20.0 Å². The fourth-order valence-electron chi connectivity index (χ4n) is 2.57. The van der Waals surface area contributed by atoms with Gasteiger partial charge in [0, 0.05) is 23.0 Å². The second kappa shape index (κ2) is 8.13. The van der Waals surface area contributed by atoms with Gasteiger partial charge in [-0.15, -0.1) is 10.2 Å². The van der Waals surface area contributed by atoms with Gasteiger partial charge in [-0.2, -0.15) is 5.10 Å². The standard InChI is InChI=1S/C20H16ClN5O3S/c1-14-12-13-26(24-14)19-10-11-20(23-22-19)29-17-6-4-16(5-7-17)25-30(27,28)18-8-2-15(21)3-9-18/h2-13,25H,1H3. The summed E-state index contributed by atoms with van der Waals surface area (Å²) >= 11 is 5.80. The Morgan fingerprint density at radius 1 is 0.933 bits per heavy atom. The van der Waals surface area contributed by atoms with Crippen molar-refractivity contribution in [2.75, 3.05) is 4.72 Å². The van der Waals surface area contributed by atoms with Crippen LogP contribution in [0, 0.1) is 6.92 Å². The van der Waals surface area contributed by atoms with E-state index in [0.29, 0.717) is 28.2 Å². The Kier molecular flexibility index (Phi) is 5.39. The molecule has 0 aliphatic rings. The lowest BCUT2D eigenvalue weighted by Gasteiger charge is -2.09. The molecule has 0 aliphatic heterocycles. The molecule has 2 heterocycles. The molecule has 0 saturated heterocycles. The largest absolute Gasteiger partial charge is 0.438 e. The van der Waals surface area contributed by atoms with E-state index in [0.717, 1.165) is 5.69 Å². The number of hydrogen-bond donors (Lipinski definition) is 1. The second-order valence-electron chi connectivity index (χ2n) is 6.32. The molecule has 4 aromatic rings. The Hall–Kier alpha value is -3.43. The van der Waals surface area contributed by atoms with E-state index in [1.807, 2.05) is 13.0 Å². The summed E-state index contributed by atoms with van der Waals surface area (Å²) in [6.45, 7) is 1.89. The predicted octanol–water partition coefficient (Wildman–Crippen LogP) is 4.22. The van der Waals surface area contributed by atoms with Gasteiger partial charge in [0.2, 0.25) is 5.88 Å². The highest BCUT2D eigenvalue weighted by molar-refractivity contribution is 7.92. The first-order valence-corrected chi connectivity index (χ1v) is 10.7. The Balaban J connectivity index is 1.43. The summed E-state index contributed by atoms with van der Waals surface area (Å²) in [7, 11) is -3.71. The minimum Gasteiger partial charge on any atom is -0.438 e. The van der Waals surface area contributed by atoms with E-state index in [2.05, 4.69) is 20.0 Å². The van der Waals surface area contributed by atoms with Gasteiger partial charge in [0.05, 0.1) is 10.6 Å². The van der Waals surface area contributed by atoms with Crippen molar-refractivity contribution in [3.05, 3.63) is 83.6 Å². The number of sulfonamides is 1. The third-order valence-electron chi connectivity index (χ3n) is 4.04. The van der Waals surface area contributed by atoms with Gasteiger partial charge < -0.3 is 4.74 Å². The molecule has 0 atom stereocenters. The van der Waals surface area contributed by atoms with Gasteiger partial charge in [-0.1, -0.05) is 11.6 Å². The van der Waals surface area contributed by atoms with E-state index in [-0.39, 0.29) is 4.90 Å². The van der Waals surface area contributed by atoms with Crippen molar-refractivity contribution < 1.29 is 13.2 Å². The molecule has 0 fully saturated rings. The molecule has 152 valence electrons. The molecule has 2 aromatic carbocycles. The van der Waals surface area contributed by atoms with Crippen molar-refractivity contribution in [3.8, 4) is 17.4 Å². The number of aromatic nitrogens is 4. The van der Waals surface area contributed by atoms with Crippen LogP contribution in [0.1, 0.15) is 5.69 Å². The number of ether oxygens (including phenoxy) is 1. The lowest BCUT2D eigenvalue weighted by atomic mass is 10.3. The minimum atomic E-state index is -3.71. The van der Waals surface area contributed by atoms with E-state index in [4.69, 9.17) is 16.3 Å². The first-order chi connectivity index (χ1) is 14.4. The molecular weight excluding hydrogens is 426 g/mol. The smallest absolute Gasteiger partial charge is 0.261 e. The topological polar surface area (TPSA) is 99.0 Å². The van der Waals surface area contributed by atoms with Crippen LogP contribution in [0.15, 0.2) is 77.8 Å². The molecule has 0 bridgehead atoms. The monoisotopic (exact) mass is 441 g/mol. The third-order valence-corrected chi connectivity index (χ3v) is 5.69. The number of hydrogen-bond acceptors (Lipinski definition) is 6. The molecule has 1 N–H and O–H groups in total. The molecule has 4 rings (SSSR count). The summed E-state index contributed by atoms with van der Waals surface area (Å²) in [5, 5.41) is 12.9. The third kappa shape index (κ3) is 4.58. The molecule has 0 radical (unpaired) electrons. The van der Waals surface area contributed by atoms with Gasteiger partial charge in [0.1, 0.15) is 5.75 Å². The lowest BCUT2D eigenvalue weighted by Crippen LogP contribution is -2.12. The molecule has 10 heteroatoms. The highest BCUT2D eigenvalue weighted by Gasteiger charge is 2.14. The Morgan fingerprint density at radius 3 is 2.27 bits per heavy atom. The fourth-order valence-corrected chi connectivity index (χ4v) is 3.76. The number of benzene rings is 2. The maximum atomic E-state index is 12.4. The Bertz CT molecular complexity index is 1260. The van der Waals surface area contributed by atoms with Crippen molar-refractivity contribution in [2.45, 2.75) is 11.8 Å². The molecule has 2 aromatic heterocycles. The van der Waals surface area contributed by atoms with Crippen LogP contribution in [0.4, 0.5) is 5.69 Å². The van der Waals surface area contributed by atoms with Gasteiger partial charge in [-0.25, -0.2) is 13.1 Å². The maximum absolute atomic E-state index is 12.4. The summed E-state index contributed by atoms with van der Waals surface area (Å²) in [6, 6.07) is 17.7. The Labute approximate surface area is 178 Å². The molecule has 0 saturated carbocycles. The van der Waals surface area contributed by atoms with Crippen molar-refractivity contribution >= 4 is 27.3 Å². The SMILES string of the molecule is Cc1ccn(-c2ccc(Oc3ccc(NS(=O)(=O)c4ccc(Cl)cc4)cc3)nn2)n1. The summed E-state index contributed by atoms with van der Waals surface area (Å²) in [5.41, 5.74) is 1.27. The van der Waals surface area contributed by atoms with E-state index in [1.165, 1.54) is 24.3 Å². The highest BCUT2D eigenvalue weighted by atomic mass is 35.5. The van der Waals surface area contributed by atoms with Crippen molar-refractivity contribution in [3.63, 3.8) is 0 Å². The zero-order chi connectivity index (χ0) is 21.1. The first-order valence-electron chi connectivity index (χ1n) is 8.82. The van der Waals surface area contributed by atoms with Crippen molar-refractivity contribution in [2.24, 2.45) is 0 Å². The molecule has 0 unspecified atom stereocenters. The molecule has 0 spiro atoms. The quantitative estimate of drug-likeness (QED) is 0.481. The normalized spacial score (nSPS) is 11.3. The summed E-state index contributed by atoms with van der Waals surface area (Å²) < 4.78 is 34.6. The van der Waals surface area contributed by atoms with Gasteiger partial charge in [-0.3, -0.25) is 4.72 Å². The Morgan fingerprint density at radius 2 is 1.67 bits per heavy atom. The molecule has 8 nitrogen and oxygen atoms in total. The zero-order valence-electron chi connectivity index (χ0n) is 15.7. The van der Waals surface area contributed by atoms with Crippen molar-refractivity contribution in [1.29, 1.82) is 0 Å². The summed E-state index contributed by atoms with van der Waals surface area (Å²) in [5.74, 6) is 1.36. The number of nitrogens with zero attached hydrogens (tertiary/aromatic N) is 4. The average Bonchev–Trinajstić information content (AvgIpc) is 3.16. The van der Waals surface area contributed by atoms with E-state index < -0.39 is 10.0 Å². The highest BCUT2D eigenvalue weighted by Crippen LogP contribution is 2.23. The zero-order valence-corrected chi connectivity index (χ0v) is 17.3. The number of nitrogens with one attached hydrogen (secondary N) is 1. The van der Waals surface area contributed by atoms with Gasteiger partial charge >= 0.3 is 0 Å². The summed E-state index contributed by atoms with van der Waals surface area (Å²) in [4.78, 5) is 0.120. The number of rotatable bonds is 6. The fraction of sp³-hybridized carbons (Fsp3) is 0.0500. The molecular formula is C20H16ClN5O3S. The lowest BCUT2D eigenvalue weighted by molar-refractivity contribution is 0.454. The number of halogens is 1. The van der Waals surface area contributed by atoms with Crippen LogP contribution in [0.3, 0.4) is 0 Å². The number of aryl methyl sites for hydroxylation is 1. The second-order valence-corrected chi connectivity index (χ2v) is 8.44. The van der Waals surface area contributed by atoms with Crippen LogP contribution >= 0.6 is 11.6 Å². The number of anilines is 1. The molecule has 0 amide bonds. The van der Waals surface area contributed by atoms with E-state index in [9.17, 15) is 8.42 Å². The van der Waals surface area contributed by atoms with Gasteiger partial charge in [-0.05, 0) is 67.6 Å². The first kappa shape index (κ1) is 19.9. The molecule has 30 heavy (non-hydrogen) atoms. The van der Waals surface area contributed by atoms with Crippen LogP contribution in [-0.2, 0) is 10.0 Å². The van der Waals surface area contributed by atoms with Crippen LogP contribution in [0.25, 0.3) is 5.82 Å². The summed E-state index contributed by atoms with van der Waals surface area (Å²) in [6.07, 6.45) is 1.80. The van der Waals surface area contributed by atoms with Gasteiger partial charge in [0.25, 0.3) is 10.0 Å². The van der Waals surface area contributed by atoms with Gasteiger partial charge in [0.15, 0.2) is 5.82 Å². The predicted molar refractivity (Wildman–Crippen MR) is 113 cm³/mol. The van der Waals surface area contributed by atoms with Crippen LogP contribution in [0.5, 0.6) is 11.6 Å². The minimum absolute atomic E-state index is 0.120. The van der Waals surface area contributed by atoms with Crippen LogP contribution in [0.2, 0.25) is 5.02 Å². The van der Waals surface area contributed by atoms with Crippen LogP contribution < -0.4 is 9.46 Å². The maximum Gasteiger partial charge on any atom is 0.261 e. The average molecular weight is 442 g/mol. The van der Waals surface area contributed by atoms with E-state index in [1.54, 1.807) is 47.3 Å². The molecule has 0 aliphatic carbocycles.